The highest BCUT2D eigenvalue weighted by Gasteiger charge is 2.14. The van der Waals surface area contributed by atoms with Gasteiger partial charge in [0.2, 0.25) is 0 Å². The average molecular weight is 465 g/mol. The van der Waals surface area contributed by atoms with E-state index in [-0.39, 0.29) is 0 Å². The number of rotatable bonds is 6. The zero-order valence-corrected chi connectivity index (χ0v) is 19.8. The van der Waals surface area contributed by atoms with Gasteiger partial charge in [0.05, 0.1) is 30.2 Å². The van der Waals surface area contributed by atoms with Crippen LogP contribution in [0.1, 0.15) is 28.2 Å². The number of aryl methyl sites for hydroxylation is 2. The SMILES string of the molecule is Cc1nn(Cc2ccccc2)c(C)c1NC(=S)Nc1cc(C)n(Cc2ccccc2Cl)n1. The van der Waals surface area contributed by atoms with Crippen LogP contribution in [0.25, 0.3) is 0 Å². The van der Waals surface area contributed by atoms with Crippen LogP contribution in [-0.4, -0.2) is 24.7 Å². The van der Waals surface area contributed by atoms with E-state index in [1.807, 2.05) is 78.7 Å². The zero-order chi connectivity index (χ0) is 22.7. The summed E-state index contributed by atoms with van der Waals surface area (Å²) >= 11 is 11.8. The normalized spacial score (nSPS) is 10.9. The third-order valence-electron chi connectivity index (χ3n) is 5.30. The van der Waals surface area contributed by atoms with Crippen molar-refractivity contribution in [3.8, 4) is 0 Å². The highest BCUT2D eigenvalue weighted by atomic mass is 35.5. The number of anilines is 2. The van der Waals surface area contributed by atoms with Gasteiger partial charge in [0, 0.05) is 16.8 Å². The maximum atomic E-state index is 6.30. The van der Waals surface area contributed by atoms with Crippen molar-refractivity contribution in [3.63, 3.8) is 0 Å². The topological polar surface area (TPSA) is 59.7 Å². The molecule has 164 valence electrons. The second-order valence-electron chi connectivity index (χ2n) is 7.69. The number of benzene rings is 2. The van der Waals surface area contributed by atoms with Crippen molar-refractivity contribution < 1.29 is 0 Å². The van der Waals surface area contributed by atoms with Crippen LogP contribution in [0.5, 0.6) is 0 Å². The lowest BCUT2D eigenvalue weighted by atomic mass is 10.2. The maximum absolute atomic E-state index is 6.30. The molecule has 6 nitrogen and oxygen atoms in total. The first-order valence-corrected chi connectivity index (χ1v) is 11.1. The minimum absolute atomic E-state index is 0.470. The van der Waals surface area contributed by atoms with E-state index in [1.54, 1.807) is 0 Å². The van der Waals surface area contributed by atoms with Gasteiger partial charge in [0.15, 0.2) is 10.9 Å². The minimum Gasteiger partial charge on any atom is -0.329 e. The van der Waals surface area contributed by atoms with Crippen LogP contribution in [0.15, 0.2) is 60.7 Å². The Morgan fingerprint density at radius 1 is 0.906 bits per heavy atom. The van der Waals surface area contributed by atoms with Crippen molar-refractivity contribution >= 4 is 40.4 Å². The Kier molecular flexibility index (Phi) is 6.58. The first-order valence-electron chi connectivity index (χ1n) is 10.3. The largest absolute Gasteiger partial charge is 0.329 e. The van der Waals surface area contributed by atoms with E-state index < -0.39 is 0 Å². The van der Waals surface area contributed by atoms with E-state index >= 15 is 0 Å². The van der Waals surface area contributed by atoms with Gasteiger partial charge in [-0.2, -0.15) is 10.2 Å². The van der Waals surface area contributed by atoms with E-state index in [2.05, 4.69) is 33.0 Å². The second kappa shape index (κ2) is 9.54. The molecule has 4 rings (SSSR count). The molecule has 0 radical (unpaired) electrons. The van der Waals surface area contributed by atoms with E-state index in [4.69, 9.17) is 23.8 Å². The number of halogens is 1. The van der Waals surface area contributed by atoms with Gasteiger partial charge in [-0.15, -0.1) is 0 Å². The molecule has 0 saturated heterocycles. The minimum atomic E-state index is 0.470. The number of hydrogen-bond acceptors (Lipinski definition) is 3. The summed E-state index contributed by atoms with van der Waals surface area (Å²) < 4.78 is 3.89. The number of nitrogens with zero attached hydrogens (tertiary/aromatic N) is 4. The smallest absolute Gasteiger partial charge is 0.176 e. The number of hydrogen-bond donors (Lipinski definition) is 2. The van der Waals surface area contributed by atoms with E-state index in [9.17, 15) is 0 Å². The molecule has 2 heterocycles. The van der Waals surface area contributed by atoms with Gasteiger partial charge in [-0.1, -0.05) is 60.1 Å². The molecule has 0 aliphatic heterocycles. The summed E-state index contributed by atoms with van der Waals surface area (Å²) in [6.45, 7) is 7.32. The summed E-state index contributed by atoms with van der Waals surface area (Å²) in [4.78, 5) is 0. The molecular formula is C24H25ClN6S. The van der Waals surface area contributed by atoms with Crippen molar-refractivity contribution in [1.82, 2.24) is 19.6 Å². The Morgan fingerprint density at radius 2 is 1.62 bits per heavy atom. The Hall–Kier alpha value is -3.16. The third-order valence-corrected chi connectivity index (χ3v) is 5.87. The molecule has 0 unspecified atom stereocenters. The lowest BCUT2D eigenvalue weighted by Gasteiger charge is -2.10. The summed E-state index contributed by atoms with van der Waals surface area (Å²) in [5.74, 6) is 0.680. The molecule has 32 heavy (non-hydrogen) atoms. The summed E-state index contributed by atoms with van der Waals surface area (Å²) in [5.41, 5.74) is 6.05. The molecule has 0 aliphatic carbocycles. The lowest BCUT2D eigenvalue weighted by molar-refractivity contribution is 0.659. The Bertz CT molecular complexity index is 1240. The summed E-state index contributed by atoms with van der Waals surface area (Å²) in [5, 5.41) is 17.0. The van der Waals surface area contributed by atoms with Crippen LogP contribution in [-0.2, 0) is 13.1 Å². The molecule has 0 fully saturated rings. The first-order chi connectivity index (χ1) is 15.4. The molecule has 2 N–H and O–H groups in total. The number of thiocarbonyl (C=S) groups is 1. The summed E-state index contributed by atoms with van der Waals surface area (Å²) in [7, 11) is 0. The molecule has 0 spiro atoms. The fourth-order valence-corrected chi connectivity index (χ4v) is 3.97. The predicted molar refractivity (Wildman–Crippen MR) is 135 cm³/mol. The molecule has 0 saturated carbocycles. The standard InChI is InChI=1S/C24H25ClN6S/c1-16-13-22(29-30(16)15-20-11-7-8-12-21(20)25)26-24(32)27-23-17(2)28-31(18(23)3)14-19-9-5-4-6-10-19/h4-13H,14-15H2,1-3H3,(H2,26,27,29,32). The quantitative estimate of drug-likeness (QED) is 0.365. The molecule has 2 aromatic heterocycles. The number of aromatic nitrogens is 4. The van der Waals surface area contributed by atoms with Crippen molar-refractivity contribution in [2.75, 3.05) is 10.6 Å². The van der Waals surface area contributed by atoms with Crippen molar-refractivity contribution in [2.24, 2.45) is 0 Å². The molecule has 2 aromatic carbocycles. The van der Waals surface area contributed by atoms with E-state index in [0.717, 1.165) is 33.4 Å². The highest BCUT2D eigenvalue weighted by Crippen LogP contribution is 2.22. The van der Waals surface area contributed by atoms with Crippen LogP contribution in [0, 0.1) is 20.8 Å². The second-order valence-corrected chi connectivity index (χ2v) is 8.50. The predicted octanol–water partition coefficient (Wildman–Crippen LogP) is 5.56. The van der Waals surface area contributed by atoms with Crippen LogP contribution in [0.2, 0.25) is 5.02 Å². The van der Waals surface area contributed by atoms with Crippen LogP contribution >= 0.6 is 23.8 Å². The fourth-order valence-electron chi connectivity index (χ4n) is 3.57. The molecule has 4 aromatic rings. The molecule has 0 aliphatic rings. The lowest BCUT2D eigenvalue weighted by Crippen LogP contribution is -2.20. The molecular weight excluding hydrogens is 440 g/mol. The van der Waals surface area contributed by atoms with Gasteiger partial charge in [-0.05, 0) is 50.2 Å². The van der Waals surface area contributed by atoms with E-state index in [0.29, 0.717) is 24.0 Å². The monoisotopic (exact) mass is 464 g/mol. The summed E-state index contributed by atoms with van der Waals surface area (Å²) in [6, 6.07) is 20.0. The first kappa shape index (κ1) is 22.0. The van der Waals surface area contributed by atoms with Crippen LogP contribution < -0.4 is 10.6 Å². The highest BCUT2D eigenvalue weighted by molar-refractivity contribution is 7.80. The molecule has 0 amide bonds. The Balaban J connectivity index is 1.44. The molecule has 0 bridgehead atoms. The van der Waals surface area contributed by atoms with Crippen LogP contribution in [0.4, 0.5) is 11.5 Å². The van der Waals surface area contributed by atoms with Crippen molar-refractivity contribution in [2.45, 2.75) is 33.9 Å². The van der Waals surface area contributed by atoms with E-state index in [1.165, 1.54) is 5.56 Å². The molecule has 8 heteroatoms. The van der Waals surface area contributed by atoms with Gasteiger partial charge in [-0.3, -0.25) is 9.36 Å². The van der Waals surface area contributed by atoms with Gasteiger partial charge in [0.25, 0.3) is 0 Å². The maximum Gasteiger partial charge on any atom is 0.176 e. The number of nitrogens with one attached hydrogen (secondary N) is 2. The van der Waals surface area contributed by atoms with Gasteiger partial charge in [-0.25, -0.2) is 0 Å². The van der Waals surface area contributed by atoms with Gasteiger partial charge < -0.3 is 10.6 Å². The van der Waals surface area contributed by atoms with Gasteiger partial charge in [0.1, 0.15) is 0 Å². The fraction of sp³-hybridized carbons (Fsp3) is 0.208. The Labute approximate surface area is 198 Å². The van der Waals surface area contributed by atoms with Crippen molar-refractivity contribution in [3.05, 3.63) is 93.9 Å². The van der Waals surface area contributed by atoms with Crippen molar-refractivity contribution in [1.29, 1.82) is 0 Å². The van der Waals surface area contributed by atoms with Gasteiger partial charge >= 0.3 is 0 Å². The average Bonchev–Trinajstić information content (AvgIpc) is 3.23. The molecule has 0 atom stereocenters. The van der Waals surface area contributed by atoms with Crippen LogP contribution in [0.3, 0.4) is 0 Å². The zero-order valence-electron chi connectivity index (χ0n) is 18.3. The summed E-state index contributed by atoms with van der Waals surface area (Å²) in [6.07, 6.45) is 0. The third kappa shape index (κ3) is 5.00. The Morgan fingerprint density at radius 3 is 2.38 bits per heavy atom.